The molecule has 6 nitrogen and oxygen atoms in total. The number of aromatic nitrogens is 2. The first-order valence-corrected chi connectivity index (χ1v) is 8.88. The standard InChI is InChI=1S/C16H14N2O4S2/c1-3-6-18-14(19)11-5-8-23-13(11)17-16(18)24-9-12-10(4-7-22-12)15(20)21-2/h3-5,7-8H,1,6,9H2,2H3. The van der Waals surface area contributed by atoms with Crippen LogP contribution >= 0.6 is 23.1 Å². The fourth-order valence-electron chi connectivity index (χ4n) is 2.20. The third-order valence-electron chi connectivity index (χ3n) is 3.34. The summed E-state index contributed by atoms with van der Waals surface area (Å²) in [4.78, 5) is 29.5. The quantitative estimate of drug-likeness (QED) is 0.290. The summed E-state index contributed by atoms with van der Waals surface area (Å²) in [6.07, 6.45) is 3.09. The molecule has 24 heavy (non-hydrogen) atoms. The number of thiophene rings is 1. The number of allylic oxidation sites excluding steroid dienone is 1. The fraction of sp³-hybridized carbons (Fsp3) is 0.188. The number of thioether (sulfide) groups is 1. The Kier molecular flexibility index (Phi) is 4.86. The minimum atomic E-state index is -0.454. The molecule has 3 aromatic heterocycles. The van der Waals surface area contributed by atoms with Gasteiger partial charge in [0.15, 0.2) is 5.16 Å². The molecule has 0 amide bonds. The highest BCUT2D eigenvalue weighted by molar-refractivity contribution is 7.98. The van der Waals surface area contributed by atoms with Gasteiger partial charge in [-0.05, 0) is 17.5 Å². The Hall–Kier alpha value is -2.32. The van der Waals surface area contributed by atoms with Crippen LogP contribution < -0.4 is 5.56 Å². The number of esters is 1. The molecule has 0 unspecified atom stereocenters. The summed E-state index contributed by atoms with van der Waals surface area (Å²) in [6.45, 7) is 4.05. The Bertz CT molecular complexity index is 955. The summed E-state index contributed by atoms with van der Waals surface area (Å²) < 4.78 is 11.6. The molecule has 0 spiro atoms. The molecule has 3 rings (SSSR count). The molecule has 3 heterocycles. The molecule has 0 saturated heterocycles. The van der Waals surface area contributed by atoms with Gasteiger partial charge in [-0.25, -0.2) is 9.78 Å². The summed E-state index contributed by atoms with van der Waals surface area (Å²) >= 11 is 2.74. The number of methoxy groups -OCH3 is 1. The molecule has 0 atom stereocenters. The molecule has 0 aliphatic rings. The highest BCUT2D eigenvalue weighted by atomic mass is 32.2. The molecular formula is C16H14N2O4S2. The molecule has 0 bridgehead atoms. The van der Waals surface area contributed by atoms with Crippen molar-refractivity contribution in [2.24, 2.45) is 0 Å². The van der Waals surface area contributed by atoms with Gasteiger partial charge in [0.25, 0.3) is 5.56 Å². The number of rotatable bonds is 6. The van der Waals surface area contributed by atoms with Crippen molar-refractivity contribution in [3.63, 3.8) is 0 Å². The van der Waals surface area contributed by atoms with E-state index < -0.39 is 5.97 Å². The molecule has 8 heteroatoms. The zero-order chi connectivity index (χ0) is 17.1. The lowest BCUT2D eigenvalue weighted by Crippen LogP contribution is -2.22. The highest BCUT2D eigenvalue weighted by Gasteiger charge is 2.17. The number of carbonyl (C=O) groups is 1. The van der Waals surface area contributed by atoms with Crippen molar-refractivity contribution in [1.29, 1.82) is 0 Å². The van der Waals surface area contributed by atoms with Gasteiger partial charge >= 0.3 is 5.97 Å². The number of furan rings is 1. The van der Waals surface area contributed by atoms with E-state index in [1.54, 1.807) is 22.8 Å². The first-order valence-electron chi connectivity index (χ1n) is 7.02. The Morgan fingerprint density at radius 2 is 2.38 bits per heavy atom. The topological polar surface area (TPSA) is 74.3 Å². The summed E-state index contributed by atoms with van der Waals surface area (Å²) in [6, 6.07) is 3.33. The summed E-state index contributed by atoms with van der Waals surface area (Å²) in [5, 5.41) is 3.00. The Morgan fingerprint density at radius 3 is 3.12 bits per heavy atom. The second-order valence-corrected chi connectivity index (χ2v) is 6.61. The van der Waals surface area contributed by atoms with E-state index in [0.717, 1.165) is 0 Å². The summed E-state index contributed by atoms with van der Waals surface area (Å²) in [5.74, 6) is 0.389. The molecule has 0 aliphatic heterocycles. The van der Waals surface area contributed by atoms with Crippen molar-refractivity contribution < 1.29 is 13.9 Å². The molecule has 0 aromatic carbocycles. The molecule has 0 saturated carbocycles. The average molecular weight is 362 g/mol. The van der Waals surface area contributed by atoms with Gasteiger partial charge in [-0.2, -0.15) is 0 Å². The second-order valence-electron chi connectivity index (χ2n) is 4.78. The smallest absolute Gasteiger partial charge is 0.341 e. The van der Waals surface area contributed by atoms with Crippen molar-refractivity contribution in [3.8, 4) is 0 Å². The third kappa shape index (κ3) is 3.02. The van der Waals surface area contributed by atoms with Crippen LogP contribution in [0.15, 0.2) is 50.8 Å². The molecule has 0 fully saturated rings. The molecule has 3 aromatic rings. The van der Waals surface area contributed by atoms with Crippen LogP contribution in [0.5, 0.6) is 0 Å². The van der Waals surface area contributed by atoms with Crippen molar-refractivity contribution in [3.05, 3.63) is 58.1 Å². The van der Waals surface area contributed by atoms with Crippen LogP contribution in [-0.2, 0) is 17.0 Å². The van der Waals surface area contributed by atoms with Gasteiger partial charge in [0.2, 0.25) is 0 Å². The van der Waals surface area contributed by atoms with Crippen molar-refractivity contribution in [1.82, 2.24) is 9.55 Å². The van der Waals surface area contributed by atoms with Gasteiger partial charge in [0, 0.05) is 6.54 Å². The van der Waals surface area contributed by atoms with Gasteiger partial charge < -0.3 is 9.15 Å². The van der Waals surface area contributed by atoms with E-state index in [1.807, 2.05) is 5.38 Å². The van der Waals surface area contributed by atoms with Crippen LogP contribution in [0.3, 0.4) is 0 Å². The molecule has 0 aliphatic carbocycles. The van der Waals surface area contributed by atoms with Crippen LogP contribution in [0.4, 0.5) is 0 Å². The van der Waals surface area contributed by atoms with Crippen molar-refractivity contribution in [2.75, 3.05) is 7.11 Å². The SMILES string of the molecule is C=CCn1c(SCc2occc2C(=O)OC)nc2sccc2c1=O. The minimum absolute atomic E-state index is 0.101. The predicted octanol–water partition coefficient (Wildman–Crippen LogP) is 3.32. The highest BCUT2D eigenvalue weighted by Crippen LogP contribution is 2.26. The first-order chi connectivity index (χ1) is 11.7. The monoisotopic (exact) mass is 362 g/mol. The lowest BCUT2D eigenvalue weighted by atomic mass is 10.3. The lowest BCUT2D eigenvalue weighted by molar-refractivity contribution is 0.0598. The Balaban J connectivity index is 1.94. The van der Waals surface area contributed by atoms with E-state index in [2.05, 4.69) is 11.6 Å². The zero-order valence-electron chi connectivity index (χ0n) is 12.9. The van der Waals surface area contributed by atoms with Crippen LogP contribution in [-0.4, -0.2) is 22.6 Å². The molecule has 0 radical (unpaired) electrons. The summed E-state index contributed by atoms with van der Waals surface area (Å²) in [5.41, 5.74) is 0.274. The van der Waals surface area contributed by atoms with E-state index in [9.17, 15) is 9.59 Å². The molecular weight excluding hydrogens is 348 g/mol. The zero-order valence-corrected chi connectivity index (χ0v) is 14.5. The van der Waals surface area contributed by atoms with Gasteiger partial charge in [-0.15, -0.1) is 17.9 Å². The number of carbonyl (C=O) groups excluding carboxylic acids is 1. The van der Waals surface area contributed by atoms with E-state index in [0.29, 0.717) is 39.0 Å². The average Bonchev–Trinajstić information content (AvgIpc) is 3.24. The van der Waals surface area contributed by atoms with Crippen LogP contribution in [0.1, 0.15) is 16.1 Å². The van der Waals surface area contributed by atoms with Crippen LogP contribution in [0, 0.1) is 0 Å². The van der Waals surface area contributed by atoms with Crippen LogP contribution in [0.2, 0.25) is 0 Å². The number of hydrogen-bond donors (Lipinski definition) is 0. The van der Waals surface area contributed by atoms with E-state index in [-0.39, 0.29) is 5.56 Å². The fourth-order valence-corrected chi connectivity index (χ4v) is 3.97. The normalized spacial score (nSPS) is 10.9. The maximum absolute atomic E-state index is 12.6. The molecule has 124 valence electrons. The number of nitrogens with zero attached hydrogens (tertiary/aromatic N) is 2. The Morgan fingerprint density at radius 1 is 1.54 bits per heavy atom. The minimum Gasteiger partial charge on any atom is -0.468 e. The van der Waals surface area contributed by atoms with Crippen molar-refractivity contribution in [2.45, 2.75) is 17.5 Å². The van der Waals surface area contributed by atoms with Crippen molar-refractivity contribution >= 4 is 39.3 Å². The van der Waals surface area contributed by atoms with Gasteiger partial charge in [-0.1, -0.05) is 17.8 Å². The summed E-state index contributed by atoms with van der Waals surface area (Å²) in [7, 11) is 1.32. The number of fused-ring (bicyclic) bond motifs is 1. The van der Waals surface area contributed by atoms with Gasteiger partial charge in [0.05, 0.1) is 24.5 Å². The largest absolute Gasteiger partial charge is 0.468 e. The van der Waals surface area contributed by atoms with E-state index >= 15 is 0 Å². The van der Waals surface area contributed by atoms with Gasteiger partial charge in [0.1, 0.15) is 16.2 Å². The molecule has 0 N–H and O–H groups in total. The Labute approximate surface area is 145 Å². The predicted molar refractivity (Wildman–Crippen MR) is 93.7 cm³/mol. The second kappa shape index (κ2) is 7.06. The lowest BCUT2D eigenvalue weighted by Gasteiger charge is -2.09. The maximum Gasteiger partial charge on any atom is 0.341 e. The van der Waals surface area contributed by atoms with Crippen LogP contribution in [0.25, 0.3) is 10.2 Å². The number of hydrogen-bond acceptors (Lipinski definition) is 7. The number of ether oxygens (including phenoxy) is 1. The van der Waals surface area contributed by atoms with E-state index in [1.165, 1.54) is 36.5 Å². The maximum atomic E-state index is 12.6. The van der Waals surface area contributed by atoms with Gasteiger partial charge in [-0.3, -0.25) is 9.36 Å². The third-order valence-corrected chi connectivity index (χ3v) is 5.13. The van der Waals surface area contributed by atoms with E-state index in [4.69, 9.17) is 9.15 Å². The first kappa shape index (κ1) is 16.5.